The number of esters is 1. The number of aromatic hydroxyl groups is 1. The van der Waals surface area contributed by atoms with E-state index in [4.69, 9.17) is 23.7 Å². The number of hydrogen-bond donors (Lipinski definition) is 3. The van der Waals surface area contributed by atoms with Gasteiger partial charge in [0.15, 0.2) is 28.8 Å². The fourth-order valence-corrected chi connectivity index (χ4v) is 6.35. The number of nitrogens with one attached hydrogen (secondary N) is 1. The molecule has 1 fully saturated rings. The third-order valence-electron chi connectivity index (χ3n) is 7.86. The number of hydrogen-bond acceptors (Lipinski definition) is 9. The van der Waals surface area contributed by atoms with E-state index in [2.05, 4.69) is 5.32 Å². The van der Waals surface area contributed by atoms with Crippen LogP contribution in [-0.4, -0.2) is 56.6 Å². The van der Waals surface area contributed by atoms with Crippen LogP contribution < -0.4 is 24.3 Å². The summed E-state index contributed by atoms with van der Waals surface area (Å²) in [6.45, 7) is 1.21. The lowest BCUT2D eigenvalue weighted by atomic mass is 9.70. The fraction of sp³-hybridized carbons (Fsp3) is 0.333. The molecular formula is C30H31NO9. The standard InChI is InChI=1S/C30H31NO9/c1-16(32)39-27-24(28(34)31-2)25(17-9-7-6-8-10-17)30(18-11-12-21(37-4)20(33)13-18)29(27,35)26-22(38-5)14-19(36-3)15-23(26)40-30/h6-15,24-25,27,33,35H,1-5H3,(H,31,34)/t24-,25+,27-,29-,30-/m0/s1. The molecule has 1 heterocycles. The van der Waals surface area contributed by atoms with Crippen molar-refractivity contribution < 1.29 is 43.5 Å². The van der Waals surface area contributed by atoms with Crippen LogP contribution in [0.5, 0.6) is 28.7 Å². The second kappa shape index (κ2) is 9.95. The molecule has 2 aliphatic rings. The topological polar surface area (TPSA) is 133 Å². The molecule has 0 unspecified atom stereocenters. The van der Waals surface area contributed by atoms with E-state index in [-0.39, 0.29) is 28.6 Å². The van der Waals surface area contributed by atoms with Crippen molar-refractivity contribution in [2.24, 2.45) is 5.92 Å². The third kappa shape index (κ3) is 3.66. The highest BCUT2D eigenvalue weighted by atomic mass is 16.6. The monoisotopic (exact) mass is 549 g/mol. The van der Waals surface area contributed by atoms with Gasteiger partial charge in [-0.25, -0.2) is 0 Å². The average Bonchev–Trinajstić information content (AvgIpc) is 3.34. The average molecular weight is 550 g/mol. The Hall–Kier alpha value is -4.44. The number of carbonyl (C=O) groups excluding carboxylic acids is 2. The quantitative estimate of drug-likeness (QED) is 0.381. The zero-order chi connectivity index (χ0) is 28.8. The first-order valence-corrected chi connectivity index (χ1v) is 12.7. The summed E-state index contributed by atoms with van der Waals surface area (Å²) in [4.78, 5) is 26.2. The van der Waals surface area contributed by atoms with Crippen molar-refractivity contribution in [2.45, 2.75) is 30.1 Å². The first-order chi connectivity index (χ1) is 19.2. The first kappa shape index (κ1) is 27.1. The maximum Gasteiger partial charge on any atom is 0.303 e. The number of ether oxygens (including phenoxy) is 5. The van der Waals surface area contributed by atoms with Gasteiger partial charge in [0, 0.05) is 37.6 Å². The molecule has 1 aliphatic heterocycles. The summed E-state index contributed by atoms with van der Waals surface area (Å²) in [6, 6.07) is 16.8. The predicted octanol–water partition coefficient (Wildman–Crippen LogP) is 2.98. The van der Waals surface area contributed by atoms with Crippen molar-refractivity contribution in [2.75, 3.05) is 28.4 Å². The summed E-state index contributed by atoms with van der Waals surface area (Å²) >= 11 is 0. The number of phenols is 1. The van der Waals surface area contributed by atoms with Crippen LogP contribution in [0.25, 0.3) is 0 Å². The van der Waals surface area contributed by atoms with Crippen molar-refractivity contribution >= 4 is 11.9 Å². The number of aliphatic hydroxyl groups is 1. The molecule has 0 spiro atoms. The van der Waals surface area contributed by atoms with Gasteiger partial charge < -0.3 is 39.2 Å². The molecule has 1 aliphatic carbocycles. The van der Waals surface area contributed by atoms with Crippen LogP contribution in [0.4, 0.5) is 0 Å². The van der Waals surface area contributed by atoms with E-state index in [1.54, 1.807) is 36.4 Å². The Kier molecular flexibility index (Phi) is 6.75. The van der Waals surface area contributed by atoms with Gasteiger partial charge in [-0.15, -0.1) is 0 Å². The summed E-state index contributed by atoms with van der Waals surface area (Å²) in [5.41, 5.74) is -2.83. The van der Waals surface area contributed by atoms with Gasteiger partial charge in [0.05, 0.1) is 32.8 Å². The number of phenolic OH excluding ortho intramolecular Hbond substituents is 1. The molecule has 5 atom stereocenters. The van der Waals surface area contributed by atoms with Gasteiger partial charge in [-0.1, -0.05) is 36.4 Å². The number of rotatable bonds is 7. The van der Waals surface area contributed by atoms with Crippen molar-refractivity contribution in [3.05, 3.63) is 77.4 Å². The molecule has 1 saturated carbocycles. The zero-order valence-electron chi connectivity index (χ0n) is 22.8. The number of fused-ring (bicyclic) bond motifs is 3. The molecule has 0 bridgehead atoms. The summed E-state index contributed by atoms with van der Waals surface area (Å²) in [6.07, 6.45) is -1.43. The lowest BCUT2D eigenvalue weighted by Crippen LogP contribution is -2.53. The molecule has 210 valence electrons. The minimum Gasteiger partial charge on any atom is -0.504 e. The molecule has 10 nitrogen and oxygen atoms in total. The van der Waals surface area contributed by atoms with E-state index >= 15 is 0 Å². The number of carbonyl (C=O) groups is 2. The lowest BCUT2D eigenvalue weighted by Gasteiger charge is -2.41. The van der Waals surface area contributed by atoms with Crippen molar-refractivity contribution in [3.63, 3.8) is 0 Å². The van der Waals surface area contributed by atoms with Crippen molar-refractivity contribution in [3.8, 4) is 28.7 Å². The van der Waals surface area contributed by atoms with Crippen LogP contribution in [0.1, 0.15) is 29.5 Å². The highest BCUT2D eigenvalue weighted by molar-refractivity contribution is 5.84. The Bertz CT molecular complexity index is 1460. The Balaban J connectivity index is 1.95. The highest BCUT2D eigenvalue weighted by Gasteiger charge is 2.79. The lowest BCUT2D eigenvalue weighted by molar-refractivity contribution is -0.183. The Labute approximate surface area is 231 Å². The van der Waals surface area contributed by atoms with Gasteiger partial charge in [-0.3, -0.25) is 9.59 Å². The molecule has 3 N–H and O–H groups in total. The Morgan fingerprint density at radius 3 is 2.23 bits per heavy atom. The summed E-state index contributed by atoms with van der Waals surface area (Å²) < 4.78 is 29.1. The van der Waals surface area contributed by atoms with Crippen LogP contribution in [0.3, 0.4) is 0 Å². The van der Waals surface area contributed by atoms with Gasteiger partial charge in [-0.05, 0) is 17.7 Å². The van der Waals surface area contributed by atoms with E-state index in [0.29, 0.717) is 16.9 Å². The van der Waals surface area contributed by atoms with Gasteiger partial charge in [0.1, 0.15) is 17.2 Å². The number of methoxy groups -OCH3 is 3. The van der Waals surface area contributed by atoms with Crippen LogP contribution in [0.15, 0.2) is 60.7 Å². The smallest absolute Gasteiger partial charge is 0.303 e. The second-order valence-corrected chi connectivity index (χ2v) is 9.75. The third-order valence-corrected chi connectivity index (χ3v) is 7.86. The van der Waals surface area contributed by atoms with Gasteiger partial charge in [-0.2, -0.15) is 0 Å². The van der Waals surface area contributed by atoms with Crippen LogP contribution >= 0.6 is 0 Å². The summed E-state index contributed by atoms with van der Waals surface area (Å²) in [5, 5.41) is 26.7. The van der Waals surface area contributed by atoms with Crippen LogP contribution in [0, 0.1) is 5.92 Å². The van der Waals surface area contributed by atoms with Gasteiger partial charge in [0.25, 0.3) is 0 Å². The van der Waals surface area contributed by atoms with E-state index in [0.717, 1.165) is 0 Å². The molecular weight excluding hydrogens is 518 g/mol. The van der Waals surface area contributed by atoms with Gasteiger partial charge in [0.2, 0.25) is 5.91 Å². The Morgan fingerprint density at radius 1 is 0.950 bits per heavy atom. The van der Waals surface area contributed by atoms with E-state index < -0.39 is 41.0 Å². The fourth-order valence-electron chi connectivity index (χ4n) is 6.35. The number of benzene rings is 3. The molecule has 0 radical (unpaired) electrons. The molecule has 0 aromatic heterocycles. The predicted molar refractivity (Wildman–Crippen MR) is 143 cm³/mol. The largest absolute Gasteiger partial charge is 0.504 e. The molecule has 3 aromatic carbocycles. The second-order valence-electron chi connectivity index (χ2n) is 9.75. The number of amides is 1. The summed E-state index contributed by atoms with van der Waals surface area (Å²) in [7, 11) is 5.81. The van der Waals surface area contributed by atoms with Crippen molar-refractivity contribution in [1.29, 1.82) is 0 Å². The van der Waals surface area contributed by atoms with Gasteiger partial charge >= 0.3 is 5.97 Å². The maximum absolute atomic E-state index is 13.7. The molecule has 3 aromatic rings. The molecule has 40 heavy (non-hydrogen) atoms. The molecule has 5 rings (SSSR count). The van der Waals surface area contributed by atoms with Crippen molar-refractivity contribution in [1.82, 2.24) is 5.32 Å². The first-order valence-electron chi connectivity index (χ1n) is 12.7. The SMILES string of the molecule is CNC(=O)[C@H]1[C@@H](c2ccccc2)[C@]2(c3ccc(OC)c(O)c3)Oc3cc(OC)cc(OC)c3[C@]2(O)[C@H]1OC(C)=O. The van der Waals surface area contributed by atoms with Crippen LogP contribution in [-0.2, 0) is 25.5 Å². The van der Waals surface area contributed by atoms with E-state index in [1.807, 2.05) is 18.2 Å². The molecule has 0 saturated heterocycles. The zero-order valence-corrected chi connectivity index (χ0v) is 22.8. The molecule has 1 amide bonds. The maximum atomic E-state index is 13.7. The highest BCUT2D eigenvalue weighted by Crippen LogP contribution is 2.71. The normalized spacial score (nSPS) is 26.2. The van der Waals surface area contributed by atoms with Crippen LogP contribution in [0.2, 0.25) is 0 Å². The van der Waals surface area contributed by atoms with E-state index in [1.165, 1.54) is 41.4 Å². The van der Waals surface area contributed by atoms with E-state index in [9.17, 15) is 19.8 Å². The molecule has 10 heteroatoms. The minimum atomic E-state index is -2.18. The Morgan fingerprint density at radius 2 is 1.65 bits per heavy atom. The minimum absolute atomic E-state index is 0.185. The summed E-state index contributed by atoms with van der Waals surface area (Å²) in [5.74, 6) is -2.40.